The van der Waals surface area contributed by atoms with Crippen LogP contribution in [0, 0.1) is 5.92 Å². The molecule has 2 unspecified atom stereocenters. The van der Waals surface area contributed by atoms with Gasteiger partial charge in [-0.25, -0.2) is 0 Å². The highest BCUT2D eigenvalue weighted by atomic mass is 79.9. The van der Waals surface area contributed by atoms with E-state index in [1.54, 1.807) is 0 Å². The van der Waals surface area contributed by atoms with E-state index in [1.165, 1.54) is 11.3 Å². The Bertz CT molecular complexity index is 411. The standard InChI is InChI=1S/C14H21BrN2O/c1-10(16-2)13-7-12(15)3-4-14(13)17-6-5-11(8-17)9-18/h3-4,7,10-11,16,18H,5-6,8-9H2,1-2H3. The summed E-state index contributed by atoms with van der Waals surface area (Å²) in [5.41, 5.74) is 2.60. The van der Waals surface area contributed by atoms with Crippen LogP contribution in [0.15, 0.2) is 22.7 Å². The van der Waals surface area contributed by atoms with Crippen LogP contribution in [-0.2, 0) is 0 Å². The molecule has 4 heteroatoms. The molecule has 2 atom stereocenters. The third-order valence-electron chi connectivity index (χ3n) is 3.77. The molecule has 3 nitrogen and oxygen atoms in total. The summed E-state index contributed by atoms with van der Waals surface area (Å²) in [5.74, 6) is 0.423. The lowest BCUT2D eigenvalue weighted by Crippen LogP contribution is -2.24. The average molecular weight is 313 g/mol. The van der Waals surface area contributed by atoms with Gasteiger partial charge < -0.3 is 15.3 Å². The highest BCUT2D eigenvalue weighted by Crippen LogP contribution is 2.32. The first-order valence-corrected chi connectivity index (χ1v) is 7.27. The molecular formula is C14H21BrN2O. The van der Waals surface area contributed by atoms with Gasteiger partial charge in [0.15, 0.2) is 0 Å². The first-order chi connectivity index (χ1) is 8.65. The lowest BCUT2D eigenvalue weighted by atomic mass is 10.1. The Balaban J connectivity index is 2.27. The second-order valence-electron chi connectivity index (χ2n) is 5.00. The maximum atomic E-state index is 9.25. The monoisotopic (exact) mass is 312 g/mol. The van der Waals surface area contributed by atoms with Crippen molar-refractivity contribution in [3.05, 3.63) is 28.2 Å². The summed E-state index contributed by atoms with van der Waals surface area (Å²) >= 11 is 3.54. The molecule has 0 radical (unpaired) electrons. The van der Waals surface area contributed by atoms with Gasteiger partial charge in [-0.1, -0.05) is 15.9 Å². The van der Waals surface area contributed by atoms with Gasteiger partial charge in [-0.05, 0) is 44.2 Å². The molecule has 0 aromatic heterocycles. The number of halogens is 1. The number of hydrogen-bond acceptors (Lipinski definition) is 3. The molecule has 18 heavy (non-hydrogen) atoms. The number of nitrogens with zero attached hydrogens (tertiary/aromatic N) is 1. The van der Waals surface area contributed by atoms with E-state index in [0.29, 0.717) is 18.6 Å². The van der Waals surface area contributed by atoms with Crippen molar-refractivity contribution >= 4 is 21.6 Å². The fraction of sp³-hybridized carbons (Fsp3) is 0.571. The second kappa shape index (κ2) is 6.04. The SMILES string of the molecule is CNC(C)c1cc(Br)ccc1N1CCC(CO)C1. The van der Waals surface area contributed by atoms with Gasteiger partial charge in [0, 0.05) is 41.8 Å². The van der Waals surface area contributed by atoms with E-state index in [1.807, 2.05) is 7.05 Å². The van der Waals surface area contributed by atoms with E-state index in [-0.39, 0.29) is 0 Å². The molecule has 0 saturated carbocycles. The normalized spacial score (nSPS) is 21.3. The smallest absolute Gasteiger partial charge is 0.0476 e. The summed E-state index contributed by atoms with van der Waals surface area (Å²) in [6.07, 6.45) is 1.08. The van der Waals surface area contributed by atoms with Gasteiger partial charge in [-0.3, -0.25) is 0 Å². The van der Waals surface area contributed by atoms with E-state index >= 15 is 0 Å². The number of rotatable bonds is 4. The number of anilines is 1. The number of aliphatic hydroxyl groups is 1. The summed E-state index contributed by atoms with van der Waals surface area (Å²) in [6, 6.07) is 6.77. The van der Waals surface area contributed by atoms with Crippen LogP contribution in [0.2, 0.25) is 0 Å². The lowest BCUT2D eigenvalue weighted by Gasteiger charge is -2.25. The third kappa shape index (κ3) is 2.87. The minimum absolute atomic E-state index is 0.296. The van der Waals surface area contributed by atoms with Gasteiger partial charge in [-0.2, -0.15) is 0 Å². The maximum Gasteiger partial charge on any atom is 0.0476 e. The predicted molar refractivity (Wildman–Crippen MR) is 79.0 cm³/mol. The first kappa shape index (κ1) is 13.8. The topological polar surface area (TPSA) is 35.5 Å². The summed E-state index contributed by atoms with van der Waals surface area (Å²) in [7, 11) is 1.98. The first-order valence-electron chi connectivity index (χ1n) is 6.48. The molecule has 0 aliphatic carbocycles. The number of benzene rings is 1. The highest BCUT2D eigenvalue weighted by molar-refractivity contribution is 9.10. The summed E-state index contributed by atoms with van der Waals surface area (Å²) < 4.78 is 1.11. The van der Waals surface area contributed by atoms with Crippen molar-refractivity contribution in [3.63, 3.8) is 0 Å². The zero-order chi connectivity index (χ0) is 13.1. The molecular weight excluding hydrogens is 292 g/mol. The van der Waals surface area contributed by atoms with E-state index in [9.17, 15) is 5.11 Å². The van der Waals surface area contributed by atoms with Crippen molar-refractivity contribution < 1.29 is 5.11 Å². The molecule has 1 aliphatic heterocycles. The molecule has 0 bridgehead atoms. The third-order valence-corrected chi connectivity index (χ3v) is 4.27. The average Bonchev–Trinajstić information content (AvgIpc) is 2.86. The Kier molecular flexibility index (Phi) is 4.65. The van der Waals surface area contributed by atoms with Gasteiger partial charge in [0.2, 0.25) is 0 Å². The van der Waals surface area contributed by atoms with Gasteiger partial charge in [0.25, 0.3) is 0 Å². The molecule has 2 N–H and O–H groups in total. The van der Waals surface area contributed by atoms with Crippen molar-refractivity contribution in [1.29, 1.82) is 0 Å². The fourth-order valence-electron chi connectivity index (χ4n) is 2.52. The van der Waals surface area contributed by atoms with Gasteiger partial charge in [-0.15, -0.1) is 0 Å². The Hall–Kier alpha value is -0.580. The van der Waals surface area contributed by atoms with Crippen molar-refractivity contribution in [2.75, 3.05) is 31.6 Å². The minimum Gasteiger partial charge on any atom is -0.396 e. The summed E-state index contributed by atoms with van der Waals surface area (Å²) in [5, 5.41) is 12.6. The number of aliphatic hydroxyl groups excluding tert-OH is 1. The molecule has 0 spiro atoms. The zero-order valence-electron chi connectivity index (χ0n) is 11.0. The van der Waals surface area contributed by atoms with Crippen LogP contribution in [-0.4, -0.2) is 31.9 Å². The van der Waals surface area contributed by atoms with E-state index in [2.05, 4.69) is 51.3 Å². The van der Waals surface area contributed by atoms with Crippen molar-refractivity contribution in [2.45, 2.75) is 19.4 Å². The van der Waals surface area contributed by atoms with Gasteiger partial charge in [0.05, 0.1) is 0 Å². The van der Waals surface area contributed by atoms with Crippen molar-refractivity contribution in [3.8, 4) is 0 Å². The van der Waals surface area contributed by atoms with E-state index < -0.39 is 0 Å². The van der Waals surface area contributed by atoms with Gasteiger partial charge >= 0.3 is 0 Å². The molecule has 1 saturated heterocycles. The largest absolute Gasteiger partial charge is 0.396 e. The van der Waals surface area contributed by atoms with E-state index in [4.69, 9.17) is 0 Å². The van der Waals surface area contributed by atoms with E-state index in [0.717, 1.165) is 24.0 Å². The quantitative estimate of drug-likeness (QED) is 0.897. The summed E-state index contributed by atoms with van der Waals surface area (Å²) in [4.78, 5) is 2.39. The molecule has 1 aliphatic rings. The molecule has 1 aromatic rings. The molecule has 1 fully saturated rings. The molecule has 0 amide bonds. The van der Waals surface area contributed by atoms with Crippen LogP contribution in [0.4, 0.5) is 5.69 Å². The fourth-order valence-corrected chi connectivity index (χ4v) is 2.89. The Morgan fingerprint density at radius 2 is 2.33 bits per heavy atom. The van der Waals surface area contributed by atoms with Gasteiger partial charge in [0.1, 0.15) is 0 Å². The van der Waals surface area contributed by atoms with Crippen LogP contribution >= 0.6 is 15.9 Å². The number of nitrogens with one attached hydrogen (secondary N) is 1. The number of hydrogen-bond donors (Lipinski definition) is 2. The lowest BCUT2D eigenvalue weighted by molar-refractivity contribution is 0.238. The van der Waals surface area contributed by atoms with Crippen molar-refractivity contribution in [1.82, 2.24) is 5.32 Å². The van der Waals surface area contributed by atoms with Crippen LogP contribution in [0.1, 0.15) is 24.9 Å². The zero-order valence-corrected chi connectivity index (χ0v) is 12.6. The van der Waals surface area contributed by atoms with Crippen molar-refractivity contribution in [2.24, 2.45) is 5.92 Å². The minimum atomic E-state index is 0.296. The second-order valence-corrected chi connectivity index (χ2v) is 5.91. The molecule has 1 aromatic carbocycles. The Labute approximate surface area is 117 Å². The Morgan fingerprint density at radius 3 is 2.94 bits per heavy atom. The Morgan fingerprint density at radius 1 is 1.56 bits per heavy atom. The molecule has 100 valence electrons. The highest BCUT2D eigenvalue weighted by Gasteiger charge is 2.24. The van der Waals surface area contributed by atoms with Crippen LogP contribution < -0.4 is 10.2 Å². The van der Waals surface area contributed by atoms with Crippen LogP contribution in [0.25, 0.3) is 0 Å². The summed E-state index contributed by atoms with van der Waals surface area (Å²) in [6.45, 7) is 4.46. The maximum absolute atomic E-state index is 9.25. The van der Waals surface area contributed by atoms with Crippen LogP contribution in [0.3, 0.4) is 0 Å². The molecule has 1 heterocycles. The van der Waals surface area contributed by atoms with Crippen LogP contribution in [0.5, 0.6) is 0 Å². The molecule has 2 rings (SSSR count). The predicted octanol–water partition coefficient (Wildman–Crippen LogP) is 2.55.